The number of carbonyl (C=O) groups excluding carboxylic acids is 2. The Morgan fingerprint density at radius 3 is 2.72 bits per heavy atom. The Kier molecular flexibility index (Phi) is 6.76. The van der Waals surface area contributed by atoms with Crippen molar-refractivity contribution in [2.24, 2.45) is 4.99 Å². The molecule has 1 aromatic carbocycles. The number of aliphatic imine (C=N–C) groups is 1. The van der Waals surface area contributed by atoms with Gasteiger partial charge in [-0.25, -0.2) is 14.2 Å². The number of esters is 1. The summed E-state index contributed by atoms with van der Waals surface area (Å²) in [6.45, 7) is 4.16. The number of nitrogens with zero attached hydrogens (tertiary/aromatic N) is 2. The molecule has 0 saturated carbocycles. The van der Waals surface area contributed by atoms with Gasteiger partial charge in [-0.05, 0) is 48.4 Å². The molecule has 1 atom stereocenters. The fourth-order valence-corrected chi connectivity index (χ4v) is 5.37. The lowest BCUT2D eigenvalue weighted by Gasteiger charge is -2.35. The van der Waals surface area contributed by atoms with E-state index in [0.717, 1.165) is 21.3 Å². The van der Waals surface area contributed by atoms with E-state index in [1.165, 1.54) is 23.9 Å². The van der Waals surface area contributed by atoms with Crippen molar-refractivity contribution in [2.45, 2.75) is 32.9 Å². The second-order valence-corrected chi connectivity index (χ2v) is 9.02. The first-order valence-electron chi connectivity index (χ1n) is 10.1. The molecule has 0 unspecified atom stereocenters. The first kappa shape index (κ1) is 22.3. The standard InChI is InChI=1S/C23H22FN3O3S2/c1-3-30-22(29)20-14(2)26-23-27(21(20)18-5-4-10-31-18)17(13-32-23)11-19(28)25-12-15-6-8-16(24)9-7-15/h4-10,13,21H,3,11-12H2,1-2H3,(H,25,28)/t21-/m1/s1. The van der Waals surface area contributed by atoms with Crippen molar-refractivity contribution in [3.63, 3.8) is 0 Å². The van der Waals surface area contributed by atoms with Crippen molar-refractivity contribution in [3.05, 3.63) is 80.4 Å². The number of halogens is 1. The molecule has 2 aromatic rings. The topological polar surface area (TPSA) is 71.0 Å². The molecule has 0 fully saturated rings. The number of rotatable bonds is 7. The van der Waals surface area contributed by atoms with Gasteiger partial charge in [0, 0.05) is 17.1 Å². The van der Waals surface area contributed by atoms with Gasteiger partial charge in [0.25, 0.3) is 0 Å². The number of allylic oxidation sites excluding steroid dienone is 1. The largest absolute Gasteiger partial charge is 0.463 e. The second-order valence-electron chi connectivity index (χ2n) is 7.21. The van der Waals surface area contributed by atoms with Gasteiger partial charge in [-0.2, -0.15) is 0 Å². The summed E-state index contributed by atoms with van der Waals surface area (Å²) in [6.07, 6.45) is 0.129. The van der Waals surface area contributed by atoms with Crippen molar-refractivity contribution in [2.75, 3.05) is 6.61 Å². The first-order chi connectivity index (χ1) is 15.5. The third-order valence-electron chi connectivity index (χ3n) is 5.05. The summed E-state index contributed by atoms with van der Waals surface area (Å²) >= 11 is 2.98. The Morgan fingerprint density at radius 1 is 1.25 bits per heavy atom. The van der Waals surface area contributed by atoms with Crippen LogP contribution in [0.2, 0.25) is 0 Å². The number of carbonyl (C=O) groups is 2. The smallest absolute Gasteiger partial charge is 0.338 e. The van der Waals surface area contributed by atoms with Crippen molar-refractivity contribution < 1.29 is 18.7 Å². The molecule has 1 amide bonds. The maximum Gasteiger partial charge on any atom is 0.338 e. The molecule has 0 aliphatic carbocycles. The highest BCUT2D eigenvalue weighted by Gasteiger charge is 2.41. The number of benzene rings is 1. The number of thiophene rings is 1. The molecular weight excluding hydrogens is 449 g/mol. The number of hydrogen-bond donors (Lipinski definition) is 1. The molecule has 32 heavy (non-hydrogen) atoms. The summed E-state index contributed by atoms with van der Waals surface area (Å²) in [4.78, 5) is 33.0. The van der Waals surface area contributed by atoms with E-state index in [1.54, 1.807) is 30.4 Å². The first-order valence-corrected chi connectivity index (χ1v) is 11.9. The molecule has 0 bridgehead atoms. The summed E-state index contributed by atoms with van der Waals surface area (Å²) in [5.41, 5.74) is 2.68. The molecule has 2 aliphatic heterocycles. The van der Waals surface area contributed by atoms with E-state index in [4.69, 9.17) is 4.74 Å². The number of hydrogen-bond acceptors (Lipinski definition) is 7. The third kappa shape index (κ3) is 4.63. The lowest BCUT2D eigenvalue weighted by atomic mass is 9.99. The molecule has 6 nitrogen and oxygen atoms in total. The fourth-order valence-electron chi connectivity index (χ4n) is 3.59. The minimum absolute atomic E-state index is 0.129. The van der Waals surface area contributed by atoms with E-state index >= 15 is 0 Å². The van der Waals surface area contributed by atoms with Crippen LogP contribution in [0.1, 0.15) is 36.8 Å². The molecule has 1 aromatic heterocycles. The zero-order chi connectivity index (χ0) is 22.7. The lowest BCUT2D eigenvalue weighted by molar-refractivity contribution is -0.139. The zero-order valence-electron chi connectivity index (χ0n) is 17.6. The van der Waals surface area contributed by atoms with E-state index in [1.807, 2.05) is 34.7 Å². The monoisotopic (exact) mass is 471 g/mol. The van der Waals surface area contributed by atoms with Gasteiger partial charge in [0.15, 0.2) is 5.17 Å². The summed E-state index contributed by atoms with van der Waals surface area (Å²) in [6, 6.07) is 9.53. The van der Waals surface area contributed by atoms with Gasteiger partial charge in [0.1, 0.15) is 11.9 Å². The number of ether oxygens (including phenoxy) is 1. The average Bonchev–Trinajstić information content (AvgIpc) is 3.43. The maximum atomic E-state index is 13.1. The summed E-state index contributed by atoms with van der Waals surface area (Å²) in [7, 11) is 0. The Balaban J connectivity index is 1.54. The van der Waals surface area contributed by atoms with Gasteiger partial charge in [-0.15, -0.1) is 11.3 Å². The lowest BCUT2D eigenvalue weighted by Crippen LogP contribution is -2.37. The molecule has 4 rings (SSSR count). The molecular formula is C23H22FN3O3S2. The summed E-state index contributed by atoms with van der Waals surface area (Å²) < 4.78 is 18.4. The molecule has 9 heteroatoms. The molecule has 1 N–H and O–H groups in total. The molecule has 0 radical (unpaired) electrons. The van der Waals surface area contributed by atoms with Gasteiger partial charge in [0.2, 0.25) is 5.91 Å². The van der Waals surface area contributed by atoms with Crippen molar-refractivity contribution >= 4 is 40.1 Å². The van der Waals surface area contributed by atoms with Crippen molar-refractivity contribution in [1.82, 2.24) is 10.2 Å². The van der Waals surface area contributed by atoms with Crippen LogP contribution in [0.5, 0.6) is 0 Å². The van der Waals surface area contributed by atoms with Crippen LogP contribution in [0.4, 0.5) is 4.39 Å². The summed E-state index contributed by atoms with van der Waals surface area (Å²) in [5.74, 6) is -0.884. The molecule has 0 spiro atoms. The number of nitrogens with one attached hydrogen (secondary N) is 1. The normalized spacial score (nSPS) is 17.6. The Bertz CT molecular complexity index is 1110. The Hall–Kier alpha value is -2.91. The zero-order valence-corrected chi connectivity index (χ0v) is 19.3. The number of amides is 1. The Labute approximate surface area is 193 Å². The highest BCUT2D eigenvalue weighted by Crippen LogP contribution is 2.45. The fraction of sp³-hybridized carbons (Fsp3) is 0.261. The van der Waals surface area contributed by atoms with Gasteiger partial charge in [0.05, 0.1) is 24.3 Å². The number of amidine groups is 1. The highest BCUT2D eigenvalue weighted by atomic mass is 32.2. The Morgan fingerprint density at radius 2 is 2.03 bits per heavy atom. The van der Waals surface area contributed by atoms with Crippen LogP contribution in [-0.2, 0) is 20.9 Å². The predicted molar refractivity (Wildman–Crippen MR) is 124 cm³/mol. The average molecular weight is 472 g/mol. The van der Waals surface area contributed by atoms with E-state index in [9.17, 15) is 14.0 Å². The number of thioether (sulfide) groups is 1. The van der Waals surface area contributed by atoms with Crippen LogP contribution in [0.15, 0.2) is 69.1 Å². The van der Waals surface area contributed by atoms with Crippen LogP contribution < -0.4 is 5.32 Å². The van der Waals surface area contributed by atoms with E-state index in [2.05, 4.69) is 10.3 Å². The van der Waals surface area contributed by atoms with Gasteiger partial charge < -0.3 is 15.0 Å². The van der Waals surface area contributed by atoms with E-state index in [-0.39, 0.29) is 24.8 Å². The van der Waals surface area contributed by atoms with E-state index < -0.39 is 12.0 Å². The van der Waals surface area contributed by atoms with Crippen LogP contribution in [0.25, 0.3) is 0 Å². The minimum atomic E-state index is -0.400. The summed E-state index contributed by atoms with van der Waals surface area (Å²) in [5, 5.41) is 7.47. The molecule has 2 aliphatic rings. The van der Waals surface area contributed by atoms with Crippen LogP contribution in [-0.4, -0.2) is 28.6 Å². The third-order valence-corrected chi connectivity index (χ3v) is 6.87. The van der Waals surface area contributed by atoms with E-state index in [0.29, 0.717) is 17.8 Å². The van der Waals surface area contributed by atoms with Crippen LogP contribution in [0, 0.1) is 5.82 Å². The number of fused-ring (bicyclic) bond motifs is 1. The minimum Gasteiger partial charge on any atom is -0.463 e. The second kappa shape index (κ2) is 9.70. The highest BCUT2D eigenvalue weighted by molar-refractivity contribution is 8.16. The van der Waals surface area contributed by atoms with Crippen molar-refractivity contribution in [1.29, 1.82) is 0 Å². The molecule has 166 valence electrons. The molecule has 3 heterocycles. The quantitative estimate of drug-likeness (QED) is 0.591. The predicted octanol–water partition coefficient (Wildman–Crippen LogP) is 4.73. The van der Waals surface area contributed by atoms with Gasteiger partial charge in [-0.1, -0.05) is 30.0 Å². The van der Waals surface area contributed by atoms with Crippen LogP contribution >= 0.6 is 23.1 Å². The van der Waals surface area contributed by atoms with Crippen LogP contribution in [0.3, 0.4) is 0 Å². The van der Waals surface area contributed by atoms with Crippen molar-refractivity contribution in [3.8, 4) is 0 Å². The van der Waals surface area contributed by atoms with Gasteiger partial charge >= 0.3 is 5.97 Å². The molecule has 0 saturated heterocycles. The maximum absolute atomic E-state index is 13.1. The van der Waals surface area contributed by atoms with Gasteiger partial charge in [-0.3, -0.25) is 4.79 Å². The SMILES string of the molecule is CCOC(=O)C1=C(C)N=C2SC=C(CC(=O)NCc3ccc(F)cc3)N2[C@@H]1c1cccs1.